The van der Waals surface area contributed by atoms with Crippen LogP contribution in [-0.2, 0) is 17.3 Å². The Balaban J connectivity index is 1.90. The van der Waals surface area contributed by atoms with Gasteiger partial charge in [-0.05, 0) is 12.1 Å². The lowest BCUT2D eigenvalue weighted by Crippen LogP contribution is -2.20. The number of rotatable bonds is 6. The number of nitrogens with zero attached hydrogens (tertiary/aromatic N) is 2. The zero-order valence-corrected chi connectivity index (χ0v) is 11.8. The zero-order chi connectivity index (χ0) is 13.0. The molecule has 0 aromatic carbocycles. The molecule has 1 N–H and O–H groups in total. The Morgan fingerprint density at radius 1 is 1.44 bits per heavy atom. The van der Waals surface area contributed by atoms with Crippen molar-refractivity contribution < 1.29 is 4.21 Å². The number of pyridine rings is 1. The Bertz CT molecular complexity index is 555. The van der Waals surface area contributed by atoms with Gasteiger partial charge in [0.05, 0.1) is 10.7 Å². The maximum Gasteiger partial charge on any atom is 0.137 e. The molecular formula is C12H16ClN3OS. The van der Waals surface area contributed by atoms with Crippen molar-refractivity contribution in [3.05, 3.63) is 35.2 Å². The third-order valence-electron chi connectivity index (χ3n) is 2.60. The first-order chi connectivity index (χ1) is 8.69. The second-order valence-corrected chi connectivity index (χ2v) is 6.26. The molecule has 0 fully saturated rings. The monoisotopic (exact) mass is 285 g/mol. The molecule has 0 aliphatic carbocycles. The Labute approximate surface area is 114 Å². The summed E-state index contributed by atoms with van der Waals surface area (Å²) in [4.78, 5) is 4.46. The quantitative estimate of drug-likeness (QED) is 0.824. The zero-order valence-electron chi connectivity index (χ0n) is 10.2. The third kappa shape index (κ3) is 3.54. The fourth-order valence-electron chi connectivity index (χ4n) is 1.65. The molecule has 0 radical (unpaired) electrons. The second kappa shape index (κ2) is 6.31. The van der Waals surface area contributed by atoms with Crippen molar-refractivity contribution in [1.82, 2.24) is 14.7 Å². The average Bonchev–Trinajstić information content (AvgIpc) is 2.76. The molecule has 2 aromatic rings. The van der Waals surface area contributed by atoms with Gasteiger partial charge in [0.15, 0.2) is 0 Å². The molecule has 4 nitrogen and oxygen atoms in total. The van der Waals surface area contributed by atoms with Gasteiger partial charge in [0.2, 0.25) is 0 Å². The van der Waals surface area contributed by atoms with Crippen LogP contribution in [0.15, 0.2) is 24.5 Å². The van der Waals surface area contributed by atoms with Crippen molar-refractivity contribution in [1.29, 1.82) is 0 Å². The summed E-state index contributed by atoms with van der Waals surface area (Å²) in [5.74, 6) is 1.41. The normalized spacial score (nSPS) is 13.0. The Morgan fingerprint density at radius 2 is 2.28 bits per heavy atom. The summed E-state index contributed by atoms with van der Waals surface area (Å²) in [5.41, 5.74) is 1.84. The lowest BCUT2D eigenvalue weighted by Gasteiger charge is -2.01. The van der Waals surface area contributed by atoms with E-state index in [1.807, 2.05) is 35.9 Å². The van der Waals surface area contributed by atoms with Crippen LogP contribution in [0.1, 0.15) is 12.6 Å². The highest BCUT2D eigenvalue weighted by Gasteiger charge is 2.02. The van der Waals surface area contributed by atoms with Crippen LogP contribution in [0.25, 0.3) is 5.65 Å². The Hall–Kier alpha value is -0.910. The second-order valence-electron chi connectivity index (χ2n) is 3.95. The van der Waals surface area contributed by atoms with Gasteiger partial charge in [0.1, 0.15) is 5.65 Å². The van der Waals surface area contributed by atoms with E-state index in [0.717, 1.165) is 17.9 Å². The largest absolute Gasteiger partial charge is 0.310 e. The van der Waals surface area contributed by atoms with Gasteiger partial charge in [-0.15, -0.1) is 0 Å². The third-order valence-corrected chi connectivity index (χ3v) is 4.13. The van der Waals surface area contributed by atoms with E-state index in [4.69, 9.17) is 11.6 Å². The summed E-state index contributed by atoms with van der Waals surface area (Å²) >= 11 is 5.91. The smallest absolute Gasteiger partial charge is 0.137 e. The maximum absolute atomic E-state index is 11.2. The lowest BCUT2D eigenvalue weighted by molar-refractivity contribution is 0.672. The van der Waals surface area contributed by atoms with Crippen LogP contribution < -0.4 is 5.32 Å². The van der Waals surface area contributed by atoms with Crippen molar-refractivity contribution in [2.75, 3.05) is 18.1 Å². The van der Waals surface area contributed by atoms with Crippen LogP contribution in [0.2, 0.25) is 5.02 Å². The van der Waals surface area contributed by atoms with Crippen molar-refractivity contribution in [2.45, 2.75) is 13.5 Å². The molecule has 0 aliphatic rings. The van der Waals surface area contributed by atoms with Crippen LogP contribution in [0, 0.1) is 0 Å². The van der Waals surface area contributed by atoms with Crippen molar-refractivity contribution in [3.8, 4) is 0 Å². The average molecular weight is 286 g/mol. The van der Waals surface area contributed by atoms with Crippen LogP contribution in [-0.4, -0.2) is 31.6 Å². The maximum atomic E-state index is 11.2. The number of hydrogen-bond donors (Lipinski definition) is 1. The minimum absolute atomic E-state index is 0.681. The van der Waals surface area contributed by atoms with Gasteiger partial charge in [0, 0.05) is 47.8 Å². The van der Waals surface area contributed by atoms with Gasteiger partial charge in [-0.1, -0.05) is 18.5 Å². The topological polar surface area (TPSA) is 46.4 Å². The minimum atomic E-state index is -0.708. The molecule has 2 heterocycles. The van der Waals surface area contributed by atoms with E-state index in [0.29, 0.717) is 23.1 Å². The first-order valence-corrected chi connectivity index (χ1v) is 7.74. The van der Waals surface area contributed by atoms with E-state index in [9.17, 15) is 4.21 Å². The standard InChI is InChI=1S/C12H16ClN3OS/c1-2-18(17)6-5-14-7-11-9-16-8-10(13)3-4-12(16)15-11/h3-4,8-9,14H,2,5-7H2,1H3. The first kappa shape index (κ1) is 13.5. The van der Waals surface area contributed by atoms with E-state index in [1.165, 1.54) is 0 Å². The molecule has 98 valence electrons. The van der Waals surface area contributed by atoms with E-state index >= 15 is 0 Å². The fourth-order valence-corrected chi connectivity index (χ4v) is 2.48. The molecule has 6 heteroatoms. The number of imidazole rings is 1. The molecule has 0 amide bonds. The summed E-state index contributed by atoms with van der Waals surface area (Å²) in [6.45, 7) is 3.36. The van der Waals surface area contributed by atoms with Gasteiger partial charge in [-0.3, -0.25) is 4.21 Å². The summed E-state index contributed by atoms with van der Waals surface area (Å²) in [6.07, 6.45) is 3.78. The Kier molecular flexibility index (Phi) is 4.74. The summed E-state index contributed by atoms with van der Waals surface area (Å²) in [6, 6.07) is 3.71. The number of hydrogen-bond acceptors (Lipinski definition) is 3. The van der Waals surface area contributed by atoms with Gasteiger partial charge in [0.25, 0.3) is 0 Å². The van der Waals surface area contributed by atoms with Crippen LogP contribution in [0.3, 0.4) is 0 Å². The van der Waals surface area contributed by atoms with Gasteiger partial charge in [-0.2, -0.15) is 0 Å². The summed E-state index contributed by atoms with van der Waals surface area (Å²) < 4.78 is 13.1. The highest BCUT2D eigenvalue weighted by molar-refractivity contribution is 7.84. The molecule has 0 spiro atoms. The van der Waals surface area contributed by atoms with E-state index in [2.05, 4.69) is 10.3 Å². The highest BCUT2D eigenvalue weighted by atomic mass is 35.5. The van der Waals surface area contributed by atoms with E-state index in [1.54, 1.807) is 0 Å². The first-order valence-electron chi connectivity index (χ1n) is 5.88. The lowest BCUT2D eigenvalue weighted by atomic mass is 10.5. The Morgan fingerprint density at radius 3 is 3.06 bits per heavy atom. The number of halogens is 1. The molecule has 2 rings (SSSR count). The number of fused-ring (bicyclic) bond motifs is 1. The molecule has 2 aromatic heterocycles. The predicted molar refractivity (Wildman–Crippen MR) is 75.5 cm³/mol. The molecule has 0 saturated heterocycles. The van der Waals surface area contributed by atoms with Crippen LogP contribution >= 0.6 is 11.6 Å². The molecule has 1 atom stereocenters. The highest BCUT2D eigenvalue weighted by Crippen LogP contribution is 2.11. The van der Waals surface area contributed by atoms with Gasteiger partial charge < -0.3 is 9.72 Å². The van der Waals surface area contributed by atoms with E-state index < -0.39 is 10.8 Å². The van der Waals surface area contributed by atoms with Crippen molar-refractivity contribution >= 4 is 28.0 Å². The fraction of sp³-hybridized carbons (Fsp3) is 0.417. The summed E-state index contributed by atoms with van der Waals surface area (Å²) in [7, 11) is -0.708. The number of nitrogens with one attached hydrogen (secondary N) is 1. The van der Waals surface area contributed by atoms with Crippen LogP contribution in [0.5, 0.6) is 0 Å². The molecule has 18 heavy (non-hydrogen) atoms. The van der Waals surface area contributed by atoms with Gasteiger partial charge in [-0.25, -0.2) is 4.98 Å². The number of aromatic nitrogens is 2. The van der Waals surface area contributed by atoms with Gasteiger partial charge >= 0.3 is 0 Å². The molecule has 1 unspecified atom stereocenters. The summed E-state index contributed by atoms with van der Waals surface area (Å²) in [5, 5.41) is 3.93. The molecule has 0 saturated carbocycles. The van der Waals surface area contributed by atoms with Crippen molar-refractivity contribution in [2.24, 2.45) is 0 Å². The molecule has 0 aliphatic heterocycles. The molecular weight excluding hydrogens is 270 g/mol. The van der Waals surface area contributed by atoms with Crippen LogP contribution in [0.4, 0.5) is 0 Å². The van der Waals surface area contributed by atoms with Crippen molar-refractivity contribution in [3.63, 3.8) is 0 Å². The molecule has 0 bridgehead atoms. The SMILES string of the molecule is CCS(=O)CCNCc1cn2cc(Cl)ccc2n1. The van der Waals surface area contributed by atoms with E-state index in [-0.39, 0.29) is 0 Å². The predicted octanol–water partition coefficient (Wildman–Crippen LogP) is 1.85. The minimum Gasteiger partial charge on any atom is -0.310 e.